The number of nitrogens with zero attached hydrogens (tertiary/aromatic N) is 1. The van der Waals surface area contributed by atoms with Crippen molar-refractivity contribution in [2.24, 2.45) is 0 Å². The van der Waals surface area contributed by atoms with Crippen LogP contribution in [0.3, 0.4) is 0 Å². The maximum atomic E-state index is 11.9. The van der Waals surface area contributed by atoms with Crippen LogP contribution in [0.5, 0.6) is 0 Å². The van der Waals surface area contributed by atoms with Gasteiger partial charge in [0.05, 0.1) is 18.4 Å². The van der Waals surface area contributed by atoms with Crippen LogP contribution in [-0.4, -0.2) is 33.2 Å². The molecule has 0 unspecified atom stereocenters. The lowest BCUT2D eigenvalue weighted by molar-refractivity contribution is -0.120. The molecule has 0 fully saturated rings. The number of aromatic nitrogens is 3. The summed E-state index contributed by atoms with van der Waals surface area (Å²) >= 11 is 1.77. The monoisotopic (exact) mass is 328 g/mol. The minimum Gasteiger partial charge on any atom is -0.358 e. The molecule has 0 atom stereocenters. The first-order chi connectivity index (χ1) is 11.1. The van der Waals surface area contributed by atoms with E-state index in [1.807, 2.05) is 19.1 Å². The number of carbonyl (C=O) groups is 1. The number of aromatic amines is 2. The van der Waals surface area contributed by atoms with Gasteiger partial charge in [-0.25, -0.2) is 4.98 Å². The molecule has 1 aromatic carbocycles. The minimum atomic E-state index is 0.0106. The molecule has 0 aliphatic carbocycles. The molecule has 0 spiro atoms. The predicted octanol–water partition coefficient (Wildman–Crippen LogP) is 2.96. The fourth-order valence-electron chi connectivity index (χ4n) is 2.56. The summed E-state index contributed by atoms with van der Waals surface area (Å²) in [5.74, 6) is 0.852. The number of fused-ring (bicyclic) bond motifs is 1. The van der Waals surface area contributed by atoms with Crippen molar-refractivity contribution < 1.29 is 4.79 Å². The van der Waals surface area contributed by atoms with E-state index in [4.69, 9.17) is 0 Å². The maximum Gasteiger partial charge on any atom is 0.226 e. The number of nitrogens with one attached hydrogen (secondary N) is 3. The van der Waals surface area contributed by atoms with Crippen LogP contribution in [0, 0.1) is 13.8 Å². The van der Waals surface area contributed by atoms with E-state index >= 15 is 0 Å². The second kappa shape index (κ2) is 6.91. The molecule has 0 saturated carbocycles. The number of benzene rings is 1. The Bertz CT molecular complexity index is 821. The fourth-order valence-corrected chi connectivity index (χ4v) is 3.57. The molecule has 120 valence electrons. The highest BCUT2D eigenvalue weighted by molar-refractivity contribution is 7.99. The van der Waals surface area contributed by atoms with E-state index in [1.165, 1.54) is 16.0 Å². The van der Waals surface area contributed by atoms with Crippen LogP contribution in [0.25, 0.3) is 10.9 Å². The number of hydrogen-bond acceptors (Lipinski definition) is 3. The molecular weight excluding hydrogens is 308 g/mol. The van der Waals surface area contributed by atoms with Crippen LogP contribution >= 0.6 is 11.8 Å². The first-order valence-corrected chi connectivity index (χ1v) is 8.59. The van der Waals surface area contributed by atoms with E-state index < -0.39 is 0 Å². The summed E-state index contributed by atoms with van der Waals surface area (Å²) in [5, 5.41) is 4.20. The second-order valence-corrected chi connectivity index (χ2v) is 6.58. The number of H-pyrrole nitrogens is 2. The van der Waals surface area contributed by atoms with Gasteiger partial charge in [-0.3, -0.25) is 4.79 Å². The smallest absolute Gasteiger partial charge is 0.226 e. The highest BCUT2D eigenvalue weighted by atomic mass is 32.2. The zero-order valence-corrected chi connectivity index (χ0v) is 14.1. The summed E-state index contributed by atoms with van der Waals surface area (Å²) in [6.07, 6.45) is 1.94. The molecule has 6 heteroatoms. The SMILES string of the molecule is Cc1[nH]cnc1CC(=O)NCCSc1c(C)[nH]c2ccccc12. The minimum absolute atomic E-state index is 0.0106. The Morgan fingerprint density at radius 2 is 2.09 bits per heavy atom. The van der Waals surface area contributed by atoms with Crippen molar-refractivity contribution >= 4 is 28.6 Å². The van der Waals surface area contributed by atoms with Gasteiger partial charge in [0, 0.05) is 39.5 Å². The topological polar surface area (TPSA) is 73.6 Å². The lowest BCUT2D eigenvalue weighted by atomic mass is 10.2. The zero-order valence-electron chi connectivity index (χ0n) is 13.3. The third kappa shape index (κ3) is 3.59. The van der Waals surface area contributed by atoms with Gasteiger partial charge in [-0.2, -0.15) is 0 Å². The Morgan fingerprint density at radius 3 is 2.87 bits per heavy atom. The van der Waals surface area contributed by atoms with Crippen LogP contribution in [0.2, 0.25) is 0 Å². The molecule has 3 aromatic rings. The molecule has 0 radical (unpaired) electrons. The van der Waals surface area contributed by atoms with Gasteiger partial charge in [-0.15, -0.1) is 11.8 Å². The van der Waals surface area contributed by atoms with Crippen LogP contribution in [-0.2, 0) is 11.2 Å². The lowest BCUT2D eigenvalue weighted by Crippen LogP contribution is -2.27. The molecule has 1 amide bonds. The molecule has 0 aliphatic heterocycles. The van der Waals surface area contributed by atoms with Gasteiger partial charge in [-0.1, -0.05) is 18.2 Å². The summed E-state index contributed by atoms with van der Waals surface area (Å²) in [4.78, 5) is 23.7. The van der Waals surface area contributed by atoms with Gasteiger partial charge in [0.25, 0.3) is 0 Å². The number of carbonyl (C=O) groups excluding carboxylic acids is 1. The van der Waals surface area contributed by atoms with Crippen LogP contribution in [0.4, 0.5) is 0 Å². The first-order valence-electron chi connectivity index (χ1n) is 7.61. The predicted molar refractivity (Wildman–Crippen MR) is 93.8 cm³/mol. The van der Waals surface area contributed by atoms with Gasteiger partial charge >= 0.3 is 0 Å². The molecule has 2 aromatic heterocycles. The van der Waals surface area contributed by atoms with E-state index in [-0.39, 0.29) is 5.91 Å². The third-order valence-corrected chi connectivity index (χ3v) is 4.99. The van der Waals surface area contributed by atoms with Crippen molar-refractivity contribution in [1.82, 2.24) is 20.3 Å². The van der Waals surface area contributed by atoms with E-state index in [2.05, 4.69) is 39.3 Å². The number of aryl methyl sites for hydroxylation is 2. The Hall–Kier alpha value is -2.21. The van der Waals surface area contributed by atoms with Crippen LogP contribution in [0.15, 0.2) is 35.5 Å². The standard InChI is InChI=1S/C17H20N4OS/c1-11-15(20-10-19-11)9-16(22)18-7-8-23-17-12(2)21-14-6-4-3-5-13(14)17/h3-6,10,21H,7-9H2,1-2H3,(H,18,22)(H,19,20). The molecule has 3 rings (SSSR count). The average Bonchev–Trinajstić information content (AvgIpc) is 3.07. The molecule has 23 heavy (non-hydrogen) atoms. The zero-order chi connectivity index (χ0) is 16.2. The van der Waals surface area contributed by atoms with E-state index in [1.54, 1.807) is 18.1 Å². The molecule has 0 bridgehead atoms. The van der Waals surface area contributed by atoms with Gasteiger partial charge in [-0.05, 0) is 19.9 Å². The third-order valence-electron chi connectivity index (χ3n) is 3.77. The highest BCUT2D eigenvalue weighted by Crippen LogP contribution is 2.30. The number of imidazole rings is 1. The Morgan fingerprint density at radius 1 is 1.26 bits per heavy atom. The van der Waals surface area contributed by atoms with Gasteiger partial charge in [0.15, 0.2) is 0 Å². The van der Waals surface area contributed by atoms with Crippen molar-refractivity contribution in [3.05, 3.63) is 47.7 Å². The quantitative estimate of drug-likeness (QED) is 0.481. The van der Waals surface area contributed by atoms with Crippen molar-refractivity contribution in [1.29, 1.82) is 0 Å². The van der Waals surface area contributed by atoms with Crippen molar-refractivity contribution in [3.63, 3.8) is 0 Å². The molecular formula is C17H20N4OS. The molecule has 0 aliphatic rings. The number of thioether (sulfide) groups is 1. The maximum absolute atomic E-state index is 11.9. The van der Waals surface area contributed by atoms with E-state index in [9.17, 15) is 4.79 Å². The molecule has 2 heterocycles. The largest absolute Gasteiger partial charge is 0.358 e. The number of para-hydroxylation sites is 1. The van der Waals surface area contributed by atoms with E-state index in [0.717, 1.165) is 22.7 Å². The molecule has 5 nitrogen and oxygen atoms in total. The summed E-state index contributed by atoms with van der Waals surface area (Å²) in [5.41, 5.74) is 4.09. The first kappa shape index (κ1) is 15.7. The Kier molecular flexibility index (Phi) is 4.71. The lowest BCUT2D eigenvalue weighted by Gasteiger charge is -2.05. The second-order valence-electron chi connectivity index (χ2n) is 5.47. The van der Waals surface area contributed by atoms with E-state index in [0.29, 0.717) is 13.0 Å². The number of hydrogen-bond donors (Lipinski definition) is 3. The van der Waals surface area contributed by atoms with Gasteiger partial charge in [0.2, 0.25) is 5.91 Å². The Labute approximate surface area is 139 Å². The van der Waals surface area contributed by atoms with Crippen molar-refractivity contribution in [3.8, 4) is 0 Å². The van der Waals surface area contributed by atoms with Gasteiger partial charge < -0.3 is 15.3 Å². The molecule has 0 saturated heterocycles. The number of amides is 1. The molecule has 3 N–H and O–H groups in total. The summed E-state index contributed by atoms with van der Waals surface area (Å²) in [7, 11) is 0. The van der Waals surface area contributed by atoms with Crippen LogP contribution in [0.1, 0.15) is 17.1 Å². The van der Waals surface area contributed by atoms with Crippen LogP contribution < -0.4 is 5.32 Å². The van der Waals surface area contributed by atoms with Crippen molar-refractivity contribution in [2.75, 3.05) is 12.3 Å². The normalized spacial score (nSPS) is 11.0. The Balaban J connectivity index is 1.50. The fraction of sp³-hybridized carbons (Fsp3) is 0.294. The van der Waals surface area contributed by atoms with Crippen molar-refractivity contribution in [2.45, 2.75) is 25.2 Å². The highest BCUT2D eigenvalue weighted by Gasteiger charge is 2.10. The summed E-state index contributed by atoms with van der Waals surface area (Å²) in [6.45, 7) is 4.65. The average molecular weight is 328 g/mol. The summed E-state index contributed by atoms with van der Waals surface area (Å²) in [6, 6.07) is 8.29. The summed E-state index contributed by atoms with van der Waals surface area (Å²) < 4.78 is 0. The number of rotatable bonds is 6. The van der Waals surface area contributed by atoms with Gasteiger partial charge in [0.1, 0.15) is 0 Å².